The van der Waals surface area contributed by atoms with Crippen molar-refractivity contribution >= 4 is 5.91 Å². The Labute approximate surface area is 130 Å². The maximum absolute atomic E-state index is 13.4. The fourth-order valence-corrected chi connectivity index (χ4v) is 2.65. The molecule has 1 aliphatic rings. The predicted molar refractivity (Wildman–Crippen MR) is 83.0 cm³/mol. The fraction of sp³-hybridized carbons (Fsp3) is 0.562. The maximum atomic E-state index is 13.4. The largest absolute Gasteiger partial charge is 0.375 e. The van der Waals surface area contributed by atoms with Crippen LogP contribution in [-0.2, 0) is 9.53 Å². The molecule has 122 valence electrons. The van der Waals surface area contributed by atoms with Gasteiger partial charge in [0, 0.05) is 13.1 Å². The van der Waals surface area contributed by atoms with Gasteiger partial charge in [0.05, 0.1) is 18.8 Å². The van der Waals surface area contributed by atoms with Crippen LogP contribution >= 0.6 is 0 Å². The first kappa shape index (κ1) is 16.9. The molecule has 1 saturated heterocycles. The minimum Gasteiger partial charge on any atom is -0.375 e. The van der Waals surface area contributed by atoms with Crippen LogP contribution in [0.15, 0.2) is 24.3 Å². The molecule has 6 heteroatoms. The molecule has 2 rings (SSSR count). The van der Waals surface area contributed by atoms with Gasteiger partial charge in [-0.25, -0.2) is 4.39 Å². The molecule has 0 aliphatic carbocycles. The molecular formula is C16H24FN3O2. The summed E-state index contributed by atoms with van der Waals surface area (Å²) in [7, 11) is 3.82. The lowest BCUT2D eigenvalue weighted by molar-refractivity contribution is -0.129. The Kier molecular flexibility index (Phi) is 5.88. The summed E-state index contributed by atoms with van der Waals surface area (Å²) in [6.45, 7) is 3.59. The molecule has 0 radical (unpaired) electrons. The zero-order valence-corrected chi connectivity index (χ0v) is 13.3. The molecule has 0 spiro atoms. The van der Waals surface area contributed by atoms with E-state index < -0.39 is 0 Å². The minimum atomic E-state index is -0.343. The van der Waals surface area contributed by atoms with Crippen LogP contribution in [0.25, 0.3) is 0 Å². The molecule has 0 bridgehead atoms. The van der Waals surface area contributed by atoms with Gasteiger partial charge in [0.1, 0.15) is 11.9 Å². The number of rotatable bonds is 5. The van der Waals surface area contributed by atoms with E-state index in [0.717, 1.165) is 5.56 Å². The molecule has 1 fully saturated rings. The van der Waals surface area contributed by atoms with Crippen LogP contribution in [0.5, 0.6) is 0 Å². The number of carbonyl (C=O) groups is 1. The number of benzene rings is 1. The molecule has 1 aromatic carbocycles. The number of morpholine rings is 1. The molecule has 1 heterocycles. The Hall–Kier alpha value is -1.50. The number of amides is 1. The number of halogens is 1. The lowest BCUT2D eigenvalue weighted by Gasteiger charge is -2.31. The van der Waals surface area contributed by atoms with Crippen LogP contribution in [0.3, 0.4) is 0 Å². The Morgan fingerprint density at radius 3 is 2.95 bits per heavy atom. The lowest BCUT2D eigenvalue weighted by atomic mass is 10.1. The average molecular weight is 309 g/mol. The number of hydrogen-bond donors (Lipinski definition) is 2. The summed E-state index contributed by atoms with van der Waals surface area (Å²) in [6, 6.07) is 6.04. The van der Waals surface area contributed by atoms with Crippen molar-refractivity contribution in [1.29, 1.82) is 0 Å². The number of ether oxygens (including phenoxy) is 1. The Morgan fingerprint density at radius 1 is 1.55 bits per heavy atom. The lowest BCUT2D eigenvalue weighted by Crippen LogP contribution is -2.56. The summed E-state index contributed by atoms with van der Waals surface area (Å²) >= 11 is 0. The summed E-state index contributed by atoms with van der Waals surface area (Å²) in [5.41, 5.74) is 0.839. The van der Waals surface area contributed by atoms with Gasteiger partial charge >= 0.3 is 0 Å². The molecule has 1 unspecified atom stereocenters. The van der Waals surface area contributed by atoms with Crippen LogP contribution in [0.2, 0.25) is 0 Å². The molecule has 1 aliphatic heterocycles. The predicted octanol–water partition coefficient (Wildman–Crippen LogP) is 0.921. The van der Waals surface area contributed by atoms with Crippen molar-refractivity contribution in [1.82, 2.24) is 15.5 Å². The number of likely N-dealkylation sites (N-methyl/N-ethyl adjacent to an activating group) is 1. The molecule has 22 heavy (non-hydrogen) atoms. The highest BCUT2D eigenvalue weighted by atomic mass is 19.1. The van der Waals surface area contributed by atoms with E-state index in [1.807, 2.05) is 32.0 Å². The molecule has 1 amide bonds. The highest BCUT2D eigenvalue weighted by Gasteiger charge is 2.28. The van der Waals surface area contributed by atoms with Gasteiger partial charge in [-0.3, -0.25) is 4.79 Å². The van der Waals surface area contributed by atoms with Gasteiger partial charge in [0.15, 0.2) is 0 Å². The summed E-state index contributed by atoms with van der Waals surface area (Å²) in [5, 5.41) is 6.10. The molecule has 1 aromatic rings. The Morgan fingerprint density at radius 2 is 2.32 bits per heavy atom. The van der Waals surface area contributed by atoms with Gasteiger partial charge in [0.2, 0.25) is 5.91 Å². The third-order valence-corrected chi connectivity index (χ3v) is 3.93. The zero-order valence-electron chi connectivity index (χ0n) is 13.3. The third kappa shape index (κ3) is 4.25. The van der Waals surface area contributed by atoms with Gasteiger partial charge in [-0.1, -0.05) is 12.1 Å². The Bertz CT molecular complexity index is 510. The van der Waals surface area contributed by atoms with Crippen molar-refractivity contribution in [3.8, 4) is 0 Å². The first-order chi connectivity index (χ1) is 10.5. The second-order valence-corrected chi connectivity index (χ2v) is 5.79. The van der Waals surface area contributed by atoms with E-state index in [1.165, 1.54) is 12.1 Å². The van der Waals surface area contributed by atoms with Crippen LogP contribution in [0.4, 0.5) is 4.39 Å². The van der Waals surface area contributed by atoms with E-state index in [-0.39, 0.29) is 29.9 Å². The van der Waals surface area contributed by atoms with Gasteiger partial charge in [-0.05, 0) is 38.7 Å². The maximum Gasteiger partial charge on any atom is 0.239 e. The van der Waals surface area contributed by atoms with Crippen molar-refractivity contribution in [3.63, 3.8) is 0 Å². The van der Waals surface area contributed by atoms with Crippen molar-refractivity contribution < 1.29 is 13.9 Å². The van der Waals surface area contributed by atoms with Gasteiger partial charge in [-0.15, -0.1) is 0 Å². The normalized spacial score (nSPS) is 23.3. The molecular weight excluding hydrogens is 285 g/mol. The first-order valence-electron chi connectivity index (χ1n) is 7.53. The number of nitrogens with zero attached hydrogens (tertiary/aromatic N) is 1. The smallest absolute Gasteiger partial charge is 0.239 e. The number of hydrogen-bond acceptors (Lipinski definition) is 4. The van der Waals surface area contributed by atoms with E-state index in [0.29, 0.717) is 19.7 Å². The monoisotopic (exact) mass is 309 g/mol. The van der Waals surface area contributed by atoms with Crippen LogP contribution < -0.4 is 10.6 Å². The highest BCUT2D eigenvalue weighted by molar-refractivity contribution is 5.82. The summed E-state index contributed by atoms with van der Waals surface area (Å²) in [4.78, 5) is 14.2. The first-order valence-corrected chi connectivity index (χ1v) is 7.53. The van der Waals surface area contributed by atoms with Crippen LogP contribution in [0, 0.1) is 5.82 Å². The highest BCUT2D eigenvalue weighted by Crippen LogP contribution is 2.18. The van der Waals surface area contributed by atoms with Crippen molar-refractivity contribution in [2.24, 2.45) is 0 Å². The molecule has 0 aromatic heterocycles. The number of nitrogens with one attached hydrogen (secondary N) is 2. The summed E-state index contributed by atoms with van der Waals surface area (Å²) < 4.78 is 18.9. The van der Waals surface area contributed by atoms with Crippen LogP contribution in [-0.4, -0.2) is 56.7 Å². The minimum absolute atomic E-state index is 0.0838. The summed E-state index contributed by atoms with van der Waals surface area (Å²) in [5.74, 6) is -0.359. The average Bonchev–Trinajstić information content (AvgIpc) is 2.47. The van der Waals surface area contributed by atoms with E-state index in [1.54, 1.807) is 6.07 Å². The van der Waals surface area contributed by atoms with Crippen molar-refractivity contribution in [2.45, 2.75) is 25.1 Å². The van der Waals surface area contributed by atoms with Crippen LogP contribution in [0.1, 0.15) is 18.5 Å². The van der Waals surface area contributed by atoms with E-state index in [4.69, 9.17) is 4.74 Å². The molecule has 2 N–H and O–H groups in total. The van der Waals surface area contributed by atoms with E-state index >= 15 is 0 Å². The van der Waals surface area contributed by atoms with Gasteiger partial charge in [-0.2, -0.15) is 0 Å². The molecule has 5 nitrogen and oxygen atoms in total. The van der Waals surface area contributed by atoms with E-state index in [9.17, 15) is 9.18 Å². The molecule has 3 atom stereocenters. The summed E-state index contributed by atoms with van der Waals surface area (Å²) in [6.07, 6.45) is -0.152. The fourth-order valence-electron chi connectivity index (χ4n) is 2.65. The zero-order chi connectivity index (χ0) is 16.1. The van der Waals surface area contributed by atoms with E-state index in [2.05, 4.69) is 10.6 Å². The SMILES string of the molecule is C[C@H]1OCCN[C@@H]1C(=O)NCC(c1cccc(F)c1)N(C)C. The van der Waals surface area contributed by atoms with Gasteiger partial charge < -0.3 is 20.3 Å². The van der Waals surface area contributed by atoms with Gasteiger partial charge in [0.25, 0.3) is 0 Å². The standard InChI is InChI=1S/C16H24FN3O2/c1-11-15(18-7-8-22-11)16(21)19-10-14(20(2)3)12-5-4-6-13(17)9-12/h4-6,9,11,14-15,18H,7-8,10H2,1-3H3,(H,19,21)/t11-,14?,15+/m1/s1. The van der Waals surface area contributed by atoms with Crippen molar-refractivity contribution in [3.05, 3.63) is 35.6 Å². The van der Waals surface area contributed by atoms with Crippen molar-refractivity contribution in [2.75, 3.05) is 33.8 Å². The second kappa shape index (κ2) is 7.67. The quantitative estimate of drug-likeness (QED) is 0.849. The third-order valence-electron chi connectivity index (χ3n) is 3.93. The topological polar surface area (TPSA) is 53.6 Å². The second-order valence-electron chi connectivity index (χ2n) is 5.79. The number of carbonyl (C=O) groups excluding carboxylic acids is 1. The molecule has 0 saturated carbocycles. The Balaban J connectivity index is 1.98.